The molecule has 0 amide bonds. The van der Waals surface area contributed by atoms with E-state index in [0.717, 1.165) is 0 Å². The standard InChI is InChI=1S/C5H4Cl2FNS/c6-5(7,8)10-4-2-1-3-9-4/h1-3,9H. The summed E-state index contributed by atoms with van der Waals surface area (Å²) in [4.78, 5) is 2.75. The predicted octanol–water partition coefficient (Wildman–Crippen LogP) is 3.17. The van der Waals surface area contributed by atoms with Crippen LogP contribution in [0.2, 0.25) is 0 Å². The summed E-state index contributed by atoms with van der Waals surface area (Å²) in [6.45, 7) is 0. The number of H-pyrrole nitrogens is 1. The van der Waals surface area contributed by atoms with Gasteiger partial charge in [-0.2, -0.15) is 4.39 Å². The Bertz CT molecular complexity index is 194. The first-order valence-electron chi connectivity index (χ1n) is 2.47. The SMILES string of the molecule is FC(Cl)(Cl)Sc1ccc[nH]1. The van der Waals surface area contributed by atoms with Crippen LogP contribution in [0.4, 0.5) is 4.39 Å². The van der Waals surface area contributed by atoms with Crippen molar-refractivity contribution in [3.63, 3.8) is 0 Å². The van der Waals surface area contributed by atoms with Gasteiger partial charge in [0.15, 0.2) is 0 Å². The average molecular weight is 200 g/mol. The van der Waals surface area contributed by atoms with Crippen molar-refractivity contribution in [3.8, 4) is 0 Å². The maximum absolute atomic E-state index is 12.4. The van der Waals surface area contributed by atoms with E-state index in [1.807, 2.05) is 0 Å². The van der Waals surface area contributed by atoms with Crippen LogP contribution in [0.25, 0.3) is 0 Å². The predicted molar refractivity (Wildman–Crippen MR) is 42.2 cm³/mol. The lowest BCUT2D eigenvalue weighted by Gasteiger charge is -2.04. The van der Waals surface area contributed by atoms with Crippen LogP contribution >= 0.6 is 35.0 Å². The fourth-order valence-electron chi connectivity index (χ4n) is 0.502. The molecule has 1 aromatic rings. The summed E-state index contributed by atoms with van der Waals surface area (Å²) in [6, 6.07) is 3.42. The van der Waals surface area contributed by atoms with Crippen LogP contribution in [0, 0.1) is 0 Å². The Morgan fingerprint density at radius 2 is 2.30 bits per heavy atom. The van der Waals surface area contributed by atoms with E-state index < -0.39 is 3.92 Å². The van der Waals surface area contributed by atoms with E-state index in [1.54, 1.807) is 18.3 Å². The Morgan fingerprint density at radius 3 is 2.70 bits per heavy atom. The maximum Gasteiger partial charge on any atom is 0.310 e. The average Bonchev–Trinajstić information content (AvgIpc) is 2.12. The molecule has 0 fully saturated rings. The Hall–Kier alpha value is 0.140. The number of aromatic nitrogens is 1. The quantitative estimate of drug-likeness (QED) is 0.572. The molecule has 56 valence electrons. The summed E-state index contributed by atoms with van der Waals surface area (Å²) in [5, 5.41) is 0.604. The number of rotatable bonds is 2. The van der Waals surface area contributed by atoms with Gasteiger partial charge in [0.2, 0.25) is 0 Å². The molecule has 0 radical (unpaired) electrons. The van der Waals surface area contributed by atoms with E-state index >= 15 is 0 Å². The van der Waals surface area contributed by atoms with Crippen LogP contribution in [0.15, 0.2) is 23.4 Å². The third-order valence-corrected chi connectivity index (χ3v) is 1.96. The molecule has 1 nitrogen and oxygen atoms in total. The van der Waals surface area contributed by atoms with Crippen molar-refractivity contribution >= 4 is 35.0 Å². The van der Waals surface area contributed by atoms with E-state index in [2.05, 4.69) is 4.98 Å². The molecular formula is C5H4Cl2FNS. The third kappa shape index (κ3) is 2.82. The zero-order valence-electron chi connectivity index (χ0n) is 4.77. The fraction of sp³-hybridized carbons (Fsp3) is 0.200. The molecule has 0 unspecified atom stereocenters. The molecule has 1 heterocycles. The van der Waals surface area contributed by atoms with Crippen LogP contribution in [0.5, 0.6) is 0 Å². The van der Waals surface area contributed by atoms with Crippen molar-refractivity contribution in [2.75, 3.05) is 0 Å². The number of halogens is 3. The first-order chi connectivity index (χ1) is 4.58. The van der Waals surface area contributed by atoms with Crippen molar-refractivity contribution < 1.29 is 4.39 Å². The highest BCUT2D eigenvalue weighted by molar-refractivity contribution is 8.03. The molecule has 0 saturated heterocycles. The minimum Gasteiger partial charge on any atom is -0.356 e. The lowest BCUT2D eigenvalue weighted by atomic mass is 10.7. The van der Waals surface area contributed by atoms with E-state index in [0.29, 0.717) is 16.8 Å². The normalized spacial score (nSPS) is 11.9. The second-order valence-corrected chi connectivity index (χ2v) is 4.47. The van der Waals surface area contributed by atoms with E-state index in [1.165, 1.54) is 0 Å². The van der Waals surface area contributed by atoms with Crippen molar-refractivity contribution in [2.24, 2.45) is 0 Å². The lowest BCUT2D eigenvalue weighted by molar-refractivity contribution is 0.515. The van der Waals surface area contributed by atoms with E-state index in [-0.39, 0.29) is 0 Å². The molecule has 0 aliphatic carbocycles. The van der Waals surface area contributed by atoms with Crippen molar-refractivity contribution in [3.05, 3.63) is 18.3 Å². The molecule has 5 heteroatoms. The number of thioether (sulfide) groups is 1. The van der Waals surface area contributed by atoms with Gasteiger partial charge in [0, 0.05) is 6.20 Å². The second-order valence-electron chi connectivity index (χ2n) is 1.58. The van der Waals surface area contributed by atoms with Gasteiger partial charge in [0.05, 0.1) is 5.03 Å². The molecule has 1 N–H and O–H groups in total. The minimum absolute atomic E-state index is 0.604. The van der Waals surface area contributed by atoms with Crippen molar-refractivity contribution in [1.29, 1.82) is 0 Å². The highest BCUT2D eigenvalue weighted by atomic mass is 35.5. The number of hydrogen-bond acceptors (Lipinski definition) is 1. The summed E-state index contributed by atoms with van der Waals surface area (Å²) >= 11 is 10.8. The summed E-state index contributed by atoms with van der Waals surface area (Å²) in [5.74, 6) is 0. The van der Waals surface area contributed by atoms with Crippen LogP contribution in [0.1, 0.15) is 0 Å². The topological polar surface area (TPSA) is 15.8 Å². The van der Waals surface area contributed by atoms with Gasteiger partial charge >= 0.3 is 3.92 Å². The monoisotopic (exact) mass is 199 g/mol. The molecule has 0 aliphatic heterocycles. The van der Waals surface area contributed by atoms with Crippen LogP contribution < -0.4 is 0 Å². The molecule has 0 bridgehead atoms. The van der Waals surface area contributed by atoms with Gasteiger partial charge in [-0.05, 0) is 23.9 Å². The molecule has 10 heavy (non-hydrogen) atoms. The zero-order valence-corrected chi connectivity index (χ0v) is 7.10. The molecular weight excluding hydrogens is 196 g/mol. The fourth-order valence-corrected chi connectivity index (χ4v) is 1.52. The largest absolute Gasteiger partial charge is 0.356 e. The molecule has 1 rings (SSSR count). The lowest BCUT2D eigenvalue weighted by Crippen LogP contribution is -1.94. The van der Waals surface area contributed by atoms with Crippen molar-refractivity contribution in [1.82, 2.24) is 4.98 Å². The van der Waals surface area contributed by atoms with Crippen molar-refractivity contribution in [2.45, 2.75) is 8.95 Å². The van der Waals surface area contributed by atoms with Gasteiger partial charge in [0.1, 0.15) is 0 Å². The second kappa shape index (κ2) is 3.03. The maximum atomic E-state index is 12.4. The van der Waals surface area contributed by atoms with Crippen LogP contribution in [0.3, 0.4) is 0 Å². The molecule has 0 aliphatic rings. The zero-order chi connectivity index (χ0) is 7.61. The smallest absolute Gasteiger partial charge is 0.310 e. The first-order valence-corrected chi connectivity index (χ1v) is 4.04. The highest BCUT2D eigenvalue weighted by Gasteiger charge is 2.23. The van der Waals surface area contributed by atoms with Gasteiger partial charge < -0.3 is 4.98 Å². The molecule has 0 spiro atoms. The third-order valence-electron chi connectivity index (χ3n) is 0.795. The number of aromatic amines is 1. The van der Waals surface area contributed by atoms with Gasteiger partial charge in [-0.15, -0.1) is 0 Å². The number of nitrogens with one attached hydrogen (secondary N) is 1. The molecule has 0 aromatic carbocycles. The first kappa shape index (κ1) is 8.24. The van der Waals surface area contributed by atoms with Gasteiger partial charge in [0.25, 0.3) is 0 Å². The number of alkyl halides is 3. The Labute approximate surface area is 71.9 Å². The van der Waals surface area contributed by atoms with E-state index in [4.69, 9.17) is 23.2 Å². The summed E-state index contributed by atoms with van der Waals surface area (Å²) in [6.07, 6.45) is 1.67. The molecule has 0 atom stereocenters. The van der Waals surface area contributed by atoms with Crippen LogP contribution in [-0.2, 0) is 0 Å². The minimum atomic E-state index is -2.25. The Balaban J connectivity index is 2.57. The highest BCUT2D eigenvalue weighted by Crippen LogP contribution is 2.40. The van der Waals surface area contributed by atoms with Gasteiger partial charge in [-0.25, -0.2) is 0 Å². The molecule has 1 aromatic heterocycles. The van der Waals surface area contributed by atoms with Crippen LogP contribution in [-0.4, -0.2) is 8.90 Å². The Kier molecular flexibility index (Phi) is 2.50. The Morgan fingerprint density at radius 1 is 1.60 bits per heavy atom. The van der Waals surface area contributed by atoms with Gasteiger partial charge in [-0.1, -0.05) is 23.2 Å². The number of hydrogen-bond donors (Lipinski definition) is 1. The summed E-state index contributed by atoms with van der Waals surface area (Å²) < 4.78 is 10.2. The van der Waals surface area contributed by atoms with Gasteiger partial charge in [-0.3, -0.25) is 0 Å². The summed E-state index contributed by atoms with van der Waals surface area (Å²) in [5.41, 5.74) is 0. The molecule has 0 saturated carbocycles. The van der Waals surface area contributed by atoms with E-state index in [9.17, 15) is 4.39 Å². The summed E-state index contributed by atoms with van der Waals surface area (Å²) in [7, 11) is 0.